The molecule has 2 aromatic carbocycles. The van der Waals surface area contributed by atoms with Crippen LogP contribution in [0.1, 0.15) is 10.4 Å². The van der Waals surface area contributed by atoms with Crippen molar-refractivity contribution in [2.75, 3.05) is 0 Å². The summed E-state index contributed by atoms with van der Waals surface area (Å²) < 4.78 is 0.901. The predicted molar refractivity (Wildman–Crippen MR) is 103 cm³/mol. The van der Waals surface area contributed by atoms with Gasteiger partial charge in [-0.25, -0.2) is 4.68 Å². The van der Waals surface area contributed by atoms with E-state index in [2.05, 4.69) is 20.9 Å². The van der Waals surface area contributed by atoms with E-state index in [-0.39, 0.29) is 10.8 Å². The smallest absolute Gasteiger partial charge is 0.273 e. The van der Waals surface area contributed by atoms with Crippen molar-refractivity contribution in [1.29, 1.82) is 0 Å². The van der Waals surface area contributed by atoms with E-state index in [9.17, 15) is 19.2 Å². The first-order valence-electron chi connectivity index (χ1n) is 8.42. The lowest BCUT2D eigenvalue weighted by Crippen LogP contribution is -2.45. The number of carbonyl (C=O) groups is 2. The van der Waals surface area contributed by atoms with Gasteiger partial charge in [0.25, 0.3) is 22.9 Å². The third-order valence-corrected chi connectivity index (χ3v) is 4.33. The van der Waals surface area contributed by atoms with Crippen LogP contribution in [0, 0.1) is 0 Å². The Bertz CT molecular complexity index is 1330. The van der Waals surface area contributed by atoms with Crippen LogP contribution in [-0.2, 0) is 11.3 Å². The standard InChI is InChI=1S/C19H15N5O4/c25-16(10-24-19(28)13-7-2-1-6-12(13)18(27)23-24)21-22-17(26)14-9-20-15-8-4-3-5-11(14)15/h1-9,20H,10H2,(H,21,25)(H,22,26)(H,23,27). The number of nitrogens with zero attached hydrogens (tertiary/aromatic N) is 1. The van der Waals surface area contributed by atoms with Gasteiger partial charge in [-0.1, -0.05) is 30.3 Å². The molecule has 0 spiro atoms. The van der Waals surface area contributed by atoms with E-state index < -0.39 is 29.5 Å². The molecule has 0 aliphatic heterocycles. The van der Waals surface area contributed by atoms with E-state index >= 15 is 0 Å². The molecule has 0 atom stereocenters. The Kier molecular flexibility index (Phi) is 4.24. The highest BCUT2D eigenvalue weighted by molar-refractivity contribution is 6.07. The van der Waals surface area contributed by atoms with Crippen LogP contribution < -0.4 is 22.0 Å². The number of para-hydroxylation sites is 1. The summed E-state index contributed by atoms with van der Waals surface area (Å²) >= 11 is 0. The van der Waals surface area contributed by atoms with Crippen molar-refractivity contribution in [2.45, 2.75) is 6.54 Å². The maximum absolute atomic E-state index is 12.4. The second-order valence-electron chi connectivity index (χ2n) is 6.13. The average Bonchev–Trinajstić information content (AvgIpc) is 3.14. The van der Waals surface area contributed by atoms with Gasteiger partial charge in [0.2, 0.25) is 0 Å². The Balaban J connectivity index is 1.49. The van der Waals surface area contributed by atoms with Gasteiger partial charge in [0.15, 0.2) is 0 Å². The first-order chi connectivity index (χ1) is 13.5. The molecule has 0 bridgehead atoms. The molecule has 9 nitrogen and oxygen atoms in total. The summed E-state index contributed by atoms with van der Waals surface area (Å²) in [5.74, 6) is -1.17. The monoisotopic (exact) mass is 377 g/mol. The van der Waals surface area contributed by atoms with E-state index in [1.54, 1.807) is 24.3 Å². The van der Waals surface area contributed by atoms with Gasteiger partial charge in [-0.05, 0) is 18.2 Å². The van der Waals surface area contributed by atoms with Crippen molar-refractivity contribution < 1.29 is 9.59 Å². The molecule has 0 fully saturated rings. The largest absolute Gasteiger partial charge is 0.360 e. The van der Waals surface area contributed by atoms with E-state index in [1.165, 1.54) is 18.3 Å². The number of hydrazine groups is 1. The molecular formula is C19H15N5O4. The van der Waals surface area contributed by atoms with E-state index in [0.717, 1.165) is 10.2 Å². The molecule has 2 aromatic heterocycles. The average molecular weight is 377 g/mol. The lowest BCUT2D eigenvalue weighted by molar-refractivity contribution is -0.122. The summed E-state index contributed by atoms with van der Waals surface area (Å²) in [4.78, 5) is 51.9. The Morgan fingerprint density at radius 3 is 2.36 bits per heavy atom. The highest BCUT2D eigenvalue weighted by Gasteiger charge is 2.14. The Hall–Kier alpha value is -4.14. The molecule has 0 aliphatic rings. The number of hydrogen-bond acceptors (Lipinski definition) is 4. The highest BCUT2D eigenvalue weighted by atomic mass is 16.2. The van der Waals surface area contributed by atoms with Crippen LogP contribution in [-0.4, -0.2) is 26.6 Å². The molecule has 9 heteroatoms. The fraction of sp³-hybridized carbons (Fsp3) is 0.0526. The highest BCUT2D eigenvalue weighted by Crippen LogP contribution is 2.17. The third kappa shape index (κ3) is 3.05. The number of amides is 2. The van der Waals surface area contributed by atoms with Crippen LogP contribution in [0.4, 0.5) is 0 Å². The van der Waals surface area contributed by atoms with Crippen molar-refractivity contribution in [3.8, 4) is 0 Å². The van der Waals surface area contributed by atoms with Crippen LogP contribution in [0.25, 0.3) is 21.7 Å². The van der Waals surface area contributed by atoms with Crippen molar-refractivity contribution >= 4 is 33.5 Å². The minimum atomic E-state index is -0.666. The topological polar surface area (TPSA) is 129 Å². The van der Waals surface area contributed by atoms with Crippen molar-refractivity contribution in [3.05, 3.63) is 81.0 Å². The second-order valence-corrected chi connectivity index (χ2v) is 6.13. The quantitative estimate of drug-likeness (QED) is 0.390. The summed E-state index contributed by atoms with van der Waals surface area (Å²) in [6.45, 7) is -0.451. The fourth-order valence-corrected chi connectivity index (χ4v) is 2.99. The van der Waals surface area contributed by atoms with E-state index in [0.29, 0.717) is 10.9 Å². The zero-order chi connectivity index (χ0) is 19.7. The number of nitrogens with one attached hydrogen (secondary N) is 4. The molecule has 140 valence electrons. The molecule has 0 saturated heterocycles. The third-order valence-electron chi connectivity index (χ3n) is 4.33. The number of rotatable bonds is 3. The number of aromatic nitrogens is 3. The molecule has 4 aromatic rings. The summed E-state index contributed by atoms with van der Waals surface area (Å²) in [5, 5.41) is 3.53. The van der Waals surface area contributed by atoms with Crippen LogP contribution in [0.15, 0.2) is 64.3 Å². The zero-order valence-corrected chi connectivity index (χ0v) is 14.5. The van der Waals surface area contributed by atoms with Crippen LogP contribution in [0.5, 0.6) is 0 Å². The van der Waals surface area contributed by atoms with Gasteiger partial charge in [0, 0.05) is 17.1 Å². The van der Waals surface area contributed by atoms with Gasteiger partial charge < -0.3 is 4.98 Å². The van der Waals surface area contributed by atoms with Gasteiger partial charge in [0.1, 0.15) is 6.54 Å². The van der Waals surface area contributed by atoms with Gasteiger partial charge >= 0.3 is 0 Å². The summed E-state index contributed by atoms with van der Waals surface area (Å²) in [7, 11) is 0. The van der Waals surface area contributed by atoms with Gasteiger partial charge in [-0.15, -0.1) is 0 Å². The van der Waals surface area contributed by atoms with Gasteiger partial charge in [-0.2, -0.15) is 0 Å². The number of carbonyl (C=O) groups excluding carboxylic acids is 2. The first kappa shape index (κ1) is 17.3. The lowest BCUT2D eigenvalue weighted by atomic mass is 10.2. The molecule has 0 aliphatic carbocycles. The number of hydrogen-bond donors (Lipinski definition) is 4. The molecule has 0 radical (unpaired) electrons. The lowest BCUT2D eigenvalue weighted by Gasteiger charge is -2.09. The van der Waals surface area contributed by atoms with Crippen molar-refractivity contribution in [1.82, 2.24) is 25.6 Å². The van der Waals surface area contributed by atoms with Crippen LogP contribution in [0.2, 0.25) is 0 Å². The van der Waals surface area contributed by atoms with E-state index in [1.807, 2.05) is 12.1 Å². The molecule has 2 amide bonds. The SMILES string of the molecule is O=C(Cn1[nH]c(=O)c2ccccc2c1=O)NNC(=O)c1c[nH]c2ccccc12. The predicted octanol–water partition coefficient (Wildman–Crippen LogP) is 0.632. The molecule has 2 heterocycles. The Morgan fingerprint density at radius 2 is 1.57 bits per heavy atom. The molecule has 28 heavy (non-hydrogen) atoms. The minimum absolute atomic E-state index is 0.210. The second kappa shape index (κ2) is 6.88. The number of benzene rings is 2. The van der Waals surface area contributed by atoms with Crippen LogP contribution >= 0.6 is 0 Å². The zero-order valence-electron chi connectivity index (χ0n) is 14.5. The van der Waals surface area contributed by atoms with E-state index in [4.69, 9.17) is 0 Å². The maximum atomic E-state index is 12.4. The number of fused-ring (bicyclic) bond motifs is 2. The van der Waals surface area contributed by atoms with Crippen molar-refractivity contribution in [2.24, 2.45) is 0 Å². The van der Waals surface area contributed by atoms with Gasteiger partial charge in [0.05, 0.1) is 16.3 Å². The Morgan fingerprint density at radius 1 is 0.893 bits per heavy atom. The fourth-order valence-electron chi connectivity index (χ4n) is 2.99. The molecule has 0 unspecified atom stereocenters. The molecule has 4 N–H and O–H groups in total. The number of aromatic amines is 2. The van der Waals surface area contributed by atoms with Crippen molar-refractivity contribution in [3.63, 3.8) is 0 Å². The summed E-state index contributed by atoms with van der Waals surface area (Å²) in [6.07, 6.45) is 1.54. The van der Waals surface area contributed by atoms with Gasteiger partial charge in [-0.3, -0.25) is 35.1 Å². The summed E-state index contributed by atoms with van der Waals surface area (Å²) in [5.41, 5.74) is 4.72. The minimum Gasteiger partial charge on any atom is -0.360 e. The maximum Gasteiger partial charge on any atom is 0.273 e. The molecular weight excluding hydrogens is 362 g/mol. The first-order valence-corrected chi connectivity index (χ1v) is 8.42. The molecule has 0 saturated carbocycles. The van der Waals surface area contributed by atoms with Crippen LogP contribution in [0.3, 0.4) is 0 Å². The number of H-pyrrole nitrogens is 2. The summed E-state index contributed by atoms with van der Waals surface area (Å²) in [6, 6.07) is 13.6. The normalized spacial score (nSPS) is 10.9. The Labute approximate surface area is 156 Å². The molecule has 4 rings (SSSR count).